The third-order valence-electron chi connectivity index (χ3n) is 1.14. The number of rotatable bonds is 1. The maximum atomic E-state index is 10.7. The molecule has 0 radical (unpaired) electrons. The van der Waals surface area contributed by atoms with Crippen molar-refractivity contribution in [1.82, 2.24) is 0 Å². The van der Waals surface area contributed by atoms with Crippen LogP contribution in [-0.2, 0) is 0 Å². The maximum absolute atomic E-state index is 10.7. The molecule has 0 fully saturated rings. The van der Waals surface area contributed by atoms with E-state index in [2.05, 4.69) is 0 Å². The molecule has 0 amide bonds. The van der Waals surface area contributed by atoms with Gasteiger partial charge in [-0.2, -0.15) is 0 Å². The minimum absolute atomic E-state index is 0.124. The lowest BCUT2D eigenvalue weighted by Gasteiger charge is -2.09. The summed E-state index contributed by atoms with van der Waals surface area (Å²) in [5.41, 5.74) is 7.65. The first-order chi connectivity index (χ1) is 4.74. The molecule has 4 N–H and O–H groups in total. The number of anilines is 2. The quantitative estimate of drug-likeness (QED) is 0.382. The van der Waals surface area contributed by atoms with Gasteiger partial charge < -0.3 is 10.8 Å². The third-order valence-corrected chi connectivity index (χ3v) is 1.14. The predicted molar refractivity (Wildman–Crippen MR) is 35.7 cm³/mol. The van der Waals surface area contributed by atoms with Crippen LogP contribution in [-0.4, -0.2) is 5.21 Å². The topological polar surface area (TPSA) is 81.3 Å². The molecular weight excluding hydrogens is 132 g/mol. The zero-order chi connectivity index (χ0) is 7.56. The molecule has 1 aromatic rings. The predicted octanol–water partition coefficient (Wildman–Crippen LogP) is 0.143. The van der Waals surface area contributed by atoms with Gasteiger partial charge in [-0.15, -0.1) is 0 Å². The van der Waals surface area contributed by atoms with E-state index >= 15 is 0 Å². The average Bonchev–Trinajstić information content (AvgIpc) is 1.95. The highest BCUT2D eigenvalue weighted by Gasteiger charge is 1.89. The van der Waals surface area contributed by atoms with Crippen LogP contribution < -0.4 is 16.3 Å². The monoisotopic (exact) mass is 139 g/mol. The van der Waals surface area contributed by atoms with Crippen LogP contribution in [0.4, 0.5) is 11.4 Å². The van der Waals surface area contributed by atoms with Gasteiger partial charge in [0.2, 0.25) is 0 Å². The molecule has 0 spiro atoms. The first-order valence-corrected chi connectivity index (χ1v) is 2.70. The van der Waals surface area contributed by atoms with E-state index in [4.69, 9.17) is 10.9 Å². The summed E-state index contributed by atoms with van der Waals surface area (Å²) in [6.07, 6.45) is 0. The van der Waals surface area contributed by atoms with Gasteiger partial charge in [0.1, 0.15) is 0 Å². The van der Waals surface area contributed by atoms with E-state index < -0.39 is 0 Å². The maximum Gasteiger partial charge on any atom is 0.0622 e. The highest BCUT2D eigenvalue weighted by atomic mass is 16.5. The molecule has 0 heterocycles. The van der Waals surface area contributed by atoms with Gasteiger partial charge in [-0.05, 0) is 12.1 Å². The number of hydrogen-bond donors (Lipinski definition) is 3. The molecule has 1 aromatic carbocycles. The summed E-state index contributed by atoms with van der Waals surface area (Å²) in [6, 6.07) is 4.09. The number of benzene rings is 1. The smallest absolute Gasteiger partial charge is 0.0622 e. The van der Waals surface area contributed by atoms with E-state index in [1.54, 1.807) is 0 Å². The largest absolute Gasteiger partial charge is 0.871 e. The van der Waals surface area contributed by atoms with E-state index in [-0.39, 0.29) is 11.4 Å². The summed E-state index contributed by atoms with van der Waals surface area (Å²) in [6.45, 7) is 0. The van der Waals surface area contributed by atoms with Gasteiger partial charge in [-0.1, -0.05) is 11.8 Å². The lowest BCUT2D eigenvalue weighted by atomic mass is 10.3. The molecule has 0 aliphatic carbocycles. The molecule has 1 rings (SSSR count). The van der Waals surface area contributed by atoms with E-state index in [0.717, 1.165) is 0 Å². The SMILES string of the molecule is Nc1cc(NO)ccc1[O-]. The summed E-state index contributed by atoms with van der Waals surface area (Å²) in [7, 11) is 0. The summed E-state index contributed by atoms with van der Waals surface area (Å²) < 4.78 is 0. The fraction of sp³-hybridized carbons (Fsp3) is 0. The molecule has 0 aliphatic heterocycles. The zero-order valence-electron chi connectivity index (χ0n) is 5.16. The zero-order valence-corrected chi connectivity index (χ0v) is 5.16. The molecule has 4 heteroatoms. The van der Waals surface area contributed by atoms with Crippen LogP contribution in [0.3, 0.4) is 0 Å². The van der Waals surface area contributed by atoms with Crippen molar-refractivity contribution >= 4 is 11.4 Å². The number of hydrogen-bond acceptors (Lipinski definition) is 4. The minimum Gasteiger partial charge on any atom is -0.871 e. The Morgan fingerprint density at radius 1 is 1.50 bits per heavy atom. The fourth-order valence-corrected chi connectivity index (χ4v) is 0.618. The van der Waals surface area contributed by atoms with E-state index in [0.29, 0.717) is 5.69 Å². The van der Waals surface area contributed by atoms with E-state index in [1.165, 1.54) is 18.2 Å². The van der Waals surface area contributed by atoms with Crippen molar-refractivity contribution in [2.45, 2.75) is 0 Å². The molecule has 54 valence electrons. The van der Waals surface area contributed by atoms with Crippen LogP contribution in [0.25, 0.3) is 0 Å². The highest BCUT2D eigenvalue weighted by Crippen LogP contribution is 2.19. The number of nitrogens with one attached hydrogen (secondary N) is 1. The highest BCUT2D eigenvalue weighted by molar-refractivity contribution is 5.60. The second kappa shape index (κ2) is 2.45. The summed E-state index contributed by atoms with van der Waals surface area (Å²) in [5.74, 6) is -0.237. The second-order valence-electron chi connectivity index (χ2n) is 1.86. The van der Waals surface area contributed by atoms with Crippen LogP contribution in [0, 0.1) is 0 Å². The Morgan fingerprint density at radius 2 is 2.20 bits per heavy atom. The summed E-state index contributed by atoms with van der Waals surface area (Å²) in [4.78, 5) is 0. The van der Waals surface area contributed by atoms with Gasteiger partial charge in [0, 0.05) is 5.69 Å². The molecule has 0 aliphatic rings. The number of nitrogens with two attached hydrogens (primary N) is 1. The van der Waals surface area contributed by atoms with Crippen LogP contribution in [0.5, 0.6) is 5.75 Å². The van der Waals surface area contributed by atoms with Crippen molar-refractivity contribution in [2.75, 3.05) is 11.2 Å². The molecule has 0 saturated heterocycles. The van der Waals surface area contributed by atoms with Crippen molar-refractivity contribution in [3.8, 4) is 5.75 Å². The molecule has 0 bridgehead atoms. The molecule has 0 saturated carbocycles. The summed E-state index contributed by atoms with van der Waals surface area (Å²) >= 11 is 0. The molecule has 0 aromatic heterocycles. The van der Waals surface area contributed by atoms with Crippen LogP contribution >= 0.6 is 0 Å². The van der Waals surface area contributed by atoms with Crippen LogP contribution in [0.1, 0.15) is 0 Å². The first-order valence-electron chi connectivity index (χ1n) is 2.70. The minimum atomic E-state index is -0.237. The second-order valence-corrected chi connectivity index (χ2v) is 1.86. The Hall–Kier alpha value is -1.42. The lowest BCUT2D eigenvalue weighted by Crippen LogP contribution is -1.98. The van der Waals surface area contributed by atoms with Crippen molar-refractivity contribution in [2.24, 2.45) is 0 Å². The molecule has 0 atom stereocenters. The average molecular weight is 139 g/mol. The first kappa shape index (κ1) is 6.70. The van der Waals surface area contributed by atoms with Crippen molar-refractivity contribution < 1.29 is 10.3 Å². The third kappa shape index (κ3) is 1.11. The molecular formula is C6H7N2O2-. The van der Waals surface area contributed by atoms with Crippen LogP contribution in [0.15, 0.2) is 18.2 Å². The lowest BCUT2D eigenvalue weighted by molar-refractivity contribution is -0.267. The summed E-state index contributed by atoms with van der Waals surface area (Å²) in [5, 5.41) is 19.0. The molecule has 10 heavy (non-hydrogen) atoms. The van der Waals surface area contributed by atoms with Gasteiger partial charge in [0.05, 0.1) is 5.69 Å². The van der Waals surface area contributed by atoms with Crippen LogP contribution in [0.2, 0.25) is 0 Å². The van der Waals surface area contributed by atoms with Gasteiger partial charge in [0.15, 0.2) is 0 Å². The Balaban J connectivity index is 3.04. The normalized spacial score (nSPS) is 9.30. The van der Waals surface area contributed by atoms with Crippen molar-refractivity contribution in [3.63, 3.8) is 0 Å². The fourth-order valence-electron chi connectivity index (χ4n) is 0.618. The van der Waals surface area contributed by atoms with Crippen molar-refractivity contribution in [1.29, 1.82) is 0 Å². The van der Waals surface area contributed by atoms with Gasteiger partial charge in [0.25, 0.3) is 0 Å². The van der Waals surface area contributed by atoms with E-state index in [1.807, 2.05) is 5.48 Å². The van der Waals surface area contributed by atoms with Gasteiger partial charge in [-0.25, -0.2) is 0 Å². The van der Waals surface area contributed by atoms with E-state index in [9.17, 15) is 5.11 Å². The Bertz CT molecular complexity index is 237. The molecule has 4 nitrogen and oxygen atoms in total. The Morgan fingerprint density at radius 3 is 2.70 bits per heavy atom. The Kier molecular flexibility index (Phi) is 1.64. The molecule has 0 unspecified atom stereocenters. The number of nitrogen functional groups attached to an aromatic ring is 1. The van der Waals surface area contributed by atoms with Gasteiger partial charge >= 0.3 is 0 Å². The van der Waals surface area contributed by atoms with Gasteiger partial charge in [-0.3, -0.25) is 10.7 Å². The van der Waals surface area contributed by atoms with Crippen molar-refractivity contribution in [3.05, 3.63) is 18.2 Å². The standard InChI is InChI=1S/C6H8N2O2/c7-5-3-4(8-10)1-2-6(5)9/h1-3,8-10H,7H2/p-1. The Labute approximate surface area is 57.9 Å².